The van der Waals surface area contributed by atoms with Crippen molar-refractivity contribution in [1.82, 2.24) is 9.97 Å². The Balaban J connectivity index is 1.98. The SMILES string of the molecule is CCCNc1ncnc(OCC2CCOCC2)c1OC. The third kappa shape index (κ3) is 3.96. The van der Waals surface area contributed by atoms with Crippen LogP contribution in [0.1, 0.15) is 26.2 Å². The maximum atomic E-state index is 5.82. The van der Waals surface area contributed by atoms with E-state index in [4.69, 9.17) is 14.2 Å². The van der Waals surface area contributed by atoms with Crippen molar-refractivity contribution in [2.45, 2.75) is 26.2 Å². The molecule has 0 bridgehead atoms. The van der Waals surface area contributed by atoms with Crippen molar-refractivity contribution >= 4 is 5.82 Å². The van der Waals surface area contributed by atoms with Crippen LogP contribution in [0.25, 0.3) is 0 Å². The van der Waals surface area contributed by atoms with Crippen molar-refractivity contribution in [3.8, 4) is 11.6 Å². The summed E-state index contributed by atoms with van der Waals surface area (Å²) in [6.07, 6.45) is 4.59. The average molecular weight is 281 g/mol. The Morgan fingerprint density at radius 3 is 2.85 bits per heavy atom. The molecule has 1 aromatic rings. The van der Waals surface area contributed by atoms with Crippen molar-refractivity contribution in [3.63, 3.8) is 0 Å². The van der Waals surface area contributed by atoms with Crippen molar-refractivity contribution < 1.29 is 14.2 Å². The molecule has 0 aliphatic carbocycles. The van der Waals surface area contributed by atoms with Crippen LogP contribution in [0.4, 0.5) is 5.82 Å². The largest absolute Gasteiger partial charge is 0.489 e. The molecule has 1 fully saturated rings. The molecule has 2 heterocycles. The van der Waals surface area contributed by atoms with Crippen molar-refractivity contribution in [3.05, 3.63) is 6.33 Å². The highest BCUT2D eigenvalue weighted by Crippen LogP contribution is 2.31. The number of hydrogen-bond donors (Lipinski definition) is 1. The standard InChI is InChI=1S/C14H23N3O3/c1-3-6-15-13-12(18-2)14(17-10-16-13)20-9-11-4-7-19-8-5-11/h10-11H,3-9H2,1-2H3,(H,15,16,17). The molecule has 0 saturated carbocycles. The first-order chi connectivity index (χ1) is 9.85. The van der Waals surface area contributed by atoms with Gasteiger partial charge >= 0.3 is 0 Å². The molecule has 0 radical (unpaired) electrons. The van der Waals surface area contributed by atoms with E-state index in [-0.39, 0.29) is 0 Å². The zero-order valence-corrected chi connectivity index (χ0v) is 12.2. The minimum atomic E-state index is 0.507. The summed E-state index contributed by atoms with van der Waals surface area (Å²) in [4.78, 5) is 8.37. The lowest BCUT2D eigenvalue weighted by Gasteiger charge is -2.22. The average Bonchev–Trinajstić information content (AvgIpc) is 2.51. The number of hydrogen-bond acceptors (Lipinski definition) is 6. The van der Waals surface area contributed by atoms with Gasteiger partial charge in [-0.25, -0.2) is 4.98 Å². The molecule has 2 rings (SSSR count). The van der Waals surface area contributed by atoms with Gasteiger partial charge in [-0.3, -0.25) is 0 Å². The quantitative estimate of drug-likeness (QED) is 0.825. The van der Waals surface area contributed by atoms with Gasteiger partial charge in [-0.2, -0.15) is 4.98 Å². The number of rotatable bonds is 7. The third-order valence-corrected chi connectivity index (χ3v) is 3.31. The Kier molecular flexibility index (Phi) is 5.86. The number of anilines is 1. The van der Waals surface area contributed by atoms with Crippen LogP contribution in [-0.2, 0) is 4.74 Å². The van der Waals surface area contributed by atoms with E-state index in [1.165, 1.54) is 6.33 Å². The van der Waals surface area contributed by atoms with Crippen molar-refractivity contribution in [2.75, 3.05) is 38.8 Å². The first-order valence-corrected chi connectivity index (χ1v) is 7.18. The van der Waals surface area contributed by atoms with E-state index in [0.29, 0.717) is 30.0 Å². The molecule has 1 saturated heterocycles. The first kappa shape index (κ1) is 14.8. The summed E-state index contributed by atoms with van der Waals surface area (Å²) < 4.78 is 16.5. The van der Waals surface area contributed by atoms with E-state index in [1.807, 2.05) is 0 Å². The van der Waals surface area contributed by atoms with Gasteiger partial charge in [0.15, 0.2) is 5.82 Å². The summed E-state index contributed by atoms with van der Waals surface area (Å²) in [5.74, 6) is 2.29. The molecule has 1 aromatic heterocycles. The molecule has 1 aliphatic heterocycles. The predicted molar refractivity (Wildman–Crippen MR) is 76.4 cm³/mol. The molecule has 1 aliphatic rings. The highest BCUT2D eigenvalue weighted by atomic mass is 16.5. The number of nitrogens with zero attached hydrogens (tertiary/aromatic N) is 2. The van der Waals surface area contributed by atoms with Gasteiger partial charge in [0.05, 0.1) is 13.7 Å². The normalized spacial score (nSPS) is 15.9. The molecular weight excluding hydrogens is 258 g/mol. The molecule has 0 spiro atoms. The third-order valence-electron chi connectivity index (χ3n) is 3.31. The molecule has 1 N–H and O–H groups in total. The Labute approximate surface area is 119 Å². The van der Waals surface area contributed by atoms with Crippen LogP contribution in [0, 0.1) is 5.92 Å². The molecule has 6 heteroatoms. The topological polar surface area (TPSA) is 65.5 Å². The van der Waals surface area contributed by atoms with Gasteiger partial charge in [0.1, 0.15) is 6.33 Å². The van der Waals surface area contributed by atoms with Crippen LogP contribution in [0.5, 0.6) is 11.6 Å². The minimum Gasteiger partial charge on any atom is -0.489 e. The maximum absolute atomic E-state index is 5.82. The van der Waals surface area contributed by atoms with Gasteiger partial charge < -0.3 is 19.5 Å². The lowest BCUT2D eigenvalue weighted by Crippen LogP contribution is -2.22. The summed E-state index contributed by atoms with van der Waals surface area (Å²) in [5.41, 5.74) is 0. The Morgan fingerprint density at radius 2 is 2.15 bits per heavy atom. The minimum absolute atomic E-state index is 0.507. The molecule has 112 valence electrons. The van der Waals surface area contributed by atoms with Gasteiger partial charge in [-0.15, -0.1) is 0 Å². The smallest absolute Gasteiger partial charge is 0.262 e. The van der Waals surface area contributed by atoms with Crippen LogP contribution in [-0.4, -0.2) is 43.4 Å². The summed E-state index contributed by atoms with van der Waals surface area (Å²) >= 11 is 0. The van der Waals surface area contributed by atoms with E-state index in [2.05, 4.69) is 22.2 Å². The van der Waals surface area contributed by atoms with Crippen molar-refractivity contribution in [1.29, 1.82) is 0 Å². The van der Waals surface area contributed by atoms with Gasteiger partial charge in [0.2, 0.25) is 5.75 Å². The van der Waals surface area contributed by atoms with Crippen LogP contribution in [0.15, 0.2) is 6.33 Å². The Hall–Kier alpha value is -1.56. The number of ether oxygens (including phenoxy) is 3. The van der Waals surface area contributed by atoms with Crippen LogP contribution in [0.3, 0.4) is 0 Å². The summed E-state index contributed by atoms with van der Waals surface area (Å²) in [5, 5.41) is 3.22. The molecule has 0 aromatic carbocycles. The zero-order chi connectivity index (χ0) is 14.2. The van der Waals surface area contributed by atoms with Gasteiger partial charge in [-0.05, 0) is 25.2 Å². The highest BCUT2D eigenvalue weighted by molar-refractivity contribution is 5.54. The summed E-state index contributed by atoms with van der Waals surface area (Å²) in [6.45, 7) is 5.22. The van der Waals surface area contributed by atoms with E-state index in [9.17, 15) is 0 Å². The Bertz CT molecular complexity index is 409. The zero-order valence-electron chi connectivity index (χ0n) is 12.2. The molecule has 0 unspecified atom stereocenters. The van der Waals surface area contributed by atoms with Crippen LogP contribution < -0.4 is 14.8 Å². The summed E-state index contributed by atoms with van der Waals surface area (Å²) in [7, 11) is 1.61. The Morgan fingerprint density at radius 1 is 1.35 bits per heavy atom. The fourth-order valence-electron chi connectivity index (χ4n) is 2.12. The van der Waals surface area contributed by atoms with Crippen molar-refractivity contribution in [2.24, 2.45) is 5.92 Å². The number of aromatic nitrogens is 2. The second-order valence-corrected chi connectivity index (χ2v) is 4.85. The maximum Gasteiger partial charge on any atom is 0.262 e. The van der Waals surface area contributed by atoms with Gasteiger partial charge in [0.25, 0.3) is 5.88 Å². The lowest BCUT2D eigenvalue weighted by molar-refractivity contribution is 0.0485. The van der Waals surface area contributed by atoms with E-state index in [1.54, 1.807) is 7.11 Å². The molecule has 0 amide bonds. The fourth-order valence-corrected chi connectivity index (χ4v) is 2.12. The first-order valence-electron chi connectivity index (χ1n) is 7.18. The second kappa shape index (κ2) is 7.89. The number of nitrogens with one attached hydrogen (secondary N) is 1. The predicted octanol–water partition coefficient (Wildman–Crippen LogP) is 2.11. The number of methoxy groups -OCH3 is 1. The van der Waals surface area contributed by atoms with E-state index < -0.39 is 0 Å². The summed E-state index contributed by atoms with van der Waals surface area (Å²) in [6, 6.07) is 0. The lowest BCUT2D eigenvalue weighted by atomic mass is 10.0. The fraction of sp³-hybridized carbons (Fsp3) is 0.714. The highest BCUT2D eigenvalue weighted by Gasteiger charge is 2.18. The second-order valence-electron chi connectivity index (χ2n) is 4.85. The molecule has 20 heavy (non-hydrogen) atoms. The van der Waals surface area contributed by atoms with Gasteiger partial charge in [0, 0.05) is 19.8 Å². The monoisotopic (exact) mass is 281 g/mol. The molecule has 0 atom stereocenters. The van der Waals surface area contributed by atoms with Crippen LogP contribution >= 0.6 is 0 Å². The molecular formula is C14H23N3O3. The molecule has 6 nitrogen and oxygen atoms in total. The van der Waals surface area contributed by atoms with E-state index in [0.717, 1.165) is 39.0 Å². The van der Waals surface area contributed by atoms with E-state index >= 15 is 0 Å². The van der Waals surface area contributed by atoms with Gasteiger partial charge in [-0.1, -0.05) is 6.92 Å². The van der Waals surface area contributed by atoms with Crippen LogP contribution in [0.2, 0.25) is 0 Å².